The van der Waals surface area contributed by atoms with Gasteiger partial charge in [0, 0.05) is 19.6 Å². The van der Waals surface area contributed by atoms with Gasteiger partial charge in [0.1, 0.15) is 13.2 Å². The van der Waals surface area contributed by atoms with Crippen molar-refractivity contribution in [3.05, 3.63) is 23.8 Å². The molecule has 2 saturated heterocycles. The van der Waals surface area contributed by atoms with Crippen molar-refractivity contribution in [3.8, 4) is 11.5 Å². The quantitative estimate of drug-likeness (QED) is 0.900. The maximum absolute atomic E-state index is 12.5. The number of benzene rings is 1. The molecule has 5 nitrogen and oxygen atoms in total. The molecule has 1 N–H and O–H groups in total. The van der Waals surface area contributed by atoms with Gasteiger partial charge in [-0.15, -0.1) is 12.4 Å². The number of carbonyl (C=O) groups is 1. The molecule has 3 aliphatic heterocycles. The van der Waals surface area contributed by atoms with Crippen molar-refractivity contribution in [1.82, 2.24) is 10.2 Å². The van der Waals surface area contributed by atoms with E-state index in [9.17, 15) is 4.79 Å². The van der Waals surface area contributed by atoms with Crippen molar-refractivity contribution < 1.29 is 14.3 Å². The van der Waals surface area contributed by atoms with Crippen LogP contribution in [0.15, 0.2) is 18.2 Å². The fraction of sp³-hybridized carbons (Fsp3) is 0.562. The minimum Gasteiger partial charge on any atom is -0.486 e. The number of nitrogens with zero attached hydrogens (tertiary/aromatic N) is 1. The number of halogens is 1. The normalized spacial score (nSPS) is 23.6. The van der Waals surface area contributed by atoms with E-state index in [2.05, 4.69) is 16.3 Å². The van der Waals surface area contributed by atoms with Gasteiger partial charge in [-0.2, -0.15) is 0 Å². The molecule has 6 heteroatoms. The molecule has 3 heterocycles. The molecule has 1 unspecified atom stereocenters. The van der Waals surface area contributed by atoms with Crippen LogP contribution < -0.4 is 14.8 Å². The first kappa shape index (κ1) is 15.4. The number of carbonyl (C=O) groups excluding carboxylic acids is 1. The predicted octanol–water partition coefficient (Wildman–Crippen LogP) is 1.76. The number of nitrogens with one attached hydrogen (secondary N) is 1. The molecule has 0 bridgehead atoms. The summed E-state index contributed by atoms with van der Waals surface area (Å²) in [5.74, 6) is 2.08. The number of fused-ring (bicyclic) bond motifs is 1. The van der Waals surface area contributed by atoms with Crippen LogP contribution in [0, 0.1) is 5.92 Å². The van der Waals surface area contributed by atoms with Gasteiger partial charge in [0.05, 0.1) is 12.0 Å². The van der Waals surface area contributed by atoms with Gasteiger partial charge in [0.15, 0.2) is 11.5 Å². The van der Waals surface area contributed by atoms with Crippen molar-refractivity contribution in [1.29, 1.82) is 0 Å². The van der Waals surface area contributed by atoms with E-state index in [1.807, 2.05) is 12.1 Å². The van der Waals surface area contributed by atoms with Gasteiger partial charge in [0.2, 0.25) is 5.91 Å². The smallest absolute Gasteiger partial charge is 0.228 e. The zero-order valence-electron chi connectivity index (χ0n) is 12.4. The number of rotatable bonds is 2. The molecule has 4 rings (SSSR count). The van der Waals surface area contributed by atoms with Gasteiger partial charge >= 0.3 is 0 Å². The third kappa shape index (κ3) is 2.63. The lowest BCUT2D eigenvalue weighted by Crippen LogP contribution is -2.51. The predicted molar refractivity (Wildman–Crippen MR) is 84.7 cm³/mol. The number of hydrogen-bond donors (Lipinski definition) is 1. The number of amides is 1. The minimum atomic E-state index is 0. The zero-order chi connectivity index (χ0) is 14.2. The van der Waals surface area contributed by atoms with Gasteiger partial charge in [0.25, 0.3) is 0 Å². The molecule has 0 aromatic heterocycles. The van der Waals surface area contributed by atoms with Crippen molar-refractivity contribution in [2.75, 3.05) is 32.8 Å². The minimum absolute atomic E-state index is 0. The molecule has 1 amide bonds. The summed E-state index contributed by atoms with van der Waals surface area (Å²) in [4.78, 5) is 14.6. The van der Waals surface area contributed by atoms with E-state index in [0.29, 0.717) is 19.1 Å². The standard InChI is InChI=1S/C16H20N2O3.ClH/c19-16(12-9-17-10-12)18-5-1-2-13(18)11-3-4-14-15(8-11)21-7-6-20-14;/h3-4,8,12-13,17H,1-2,5-7,9-10H2;1H. The van der Waals surface area contributed by atoms with Gasteiger partial charge in [-0.1, -0.05) is 6.07 Å². The second kappa shape index (κ2) is 6.34. The van der Waals surface area contributed by atoms with Crippen LogP contribution in [-0.2, 0) is 4.79 Å². The third-order valence-electron chi connectivity index (χ3n) is 4.62. The van der Waals surface area contributed by atoms with Gasteiger partial charge in [-0.3, -0.25) is 4.79 Å². The number of likely N-dealkylation sites (tertiary alicyclic amines) is 1. The van der Waals surface area contributed by atoms with Crippen molar-refractivity contribution in [2.24, 2.45) is 5.92 Å². The van der Waals surface area contributed by atoms with E-state index in [-0.39, 0.29) is 24.4 Å². The molecule has 0 aliphatic carbocycles. The molecule has 0 spiro atoms. The topological polar surface area (TPSA) is 50.8 Å². The first-order valence-corrected chi connectivity index (χ1v) is 7.73. The lowest BCUT2D eigenvalue weighted by molar-refractivity contribution is -0.138. The molecule has 120 valence electrons. The maximum atomic E-state index is 12.5. The Morgan fingerprint density at radius 2 is 1.95 bits per heavy atom. The molecule has 1 aromatic rings. The first-order valence-electron chi connectivity index (χ1n) is 7.73. The van der Waals surface area contributed by atoms with Gasteiger partial charge < -0.3 is 19.7 Å². The Kier molecular flexibility index (Phi) is 4.45. The Labute approximate surface area is 136 Å². The highest BCUT2D eigenvalue weighted by atomic mass is 35.5. The van der Waals surface area contributed by atoms with E-state index in [1.54, 1.807) is 0 Å². The van der Waals surface area contributed by atoms with Crippen LogP contribution in [0.5, 0.6) is 11.5 Å². The van der Waals surface area contributed by atoms with Gasteiger partial charge in [-0.25, -0.2) is 0 Å². The summed E-state index contributed by atoms with van der Waals surface area (Å²) in [5, 5.41) is 3.18. The first-order chi connectivity index (χ1) is 10.3. The van der Waals surface area contributed by atoms with Crippen molar-refractivity contribution in [2.45, 2.75) is 18.9 Å². The highest BCUT2D eigenvalue weighted by Crippen LogP contribution is 2.38. The second-order valence-electron chi connectivity index (χ2n) is 5.95. The van der Waals surface area contributed by atoms with Crippen molar-refractivity contribution >= 4 is 18.3 Å². The highest BCUT2D eigenvalue weighted by Gasteiger charge is 2.36. The monoisotopic (exact) mass is 324 g/mol. The van der Waals surface area contributed by atoms with Crippen LogP contribution in [0.2, 0.25) is 0 Å². The summed E-state index contributed by atoms with van der Waals surface area (Å²) in [6.45, 7) is 3.72. The summed E-state index contributed by atoms with van der Waals surface area (Å²) >= 11 is 0. The summed E-state index contributed by atoms with van der Waals surface area (Å²) in [6, 6.07) is 6.27. The van der Waals surface area contributed by atoms with Crippen LogP contribution in [0.1, 0.15) is 24.4 Å². The zero-order valence-corrected chi connectivity index (χ0v) is 13.2. The molecule has 0 saturated carbocycles. The van der Waals surface area contributed by atoms with E-state index in [4.69, 9.17) is 9.47 Å². The fourth-order valence-electron chi connectivity index (χ4n) is 3.34. The SMILES string of the molecule is Cl.O=C(C1CNC1)N1CCCC1c1ccc2c(c1)OCCO2. The number of ether oxygens (including phenoxy) is 2. The van der Waals surface area contributed by atoms with Crippen LogP contribution in [-0.4, -0.2) is 43.7 Å². The molecular formula is C16H21ClN2O3. The second-order valence-corrected chi connectivity index (χ2v) is 5.95. The molecule has 22 heavy (non-hydrogen) atoms. The summed E-state index contributed by atoms with van der Waals surface area (Å²) in [6.07, 6.45) is 2.11. The van der Waals surface area contributed by atoms with E-state index < -0.39 is 0 Å². The largest absolute Gasteiger partial charge is 0.486 e. The molecule has 3 aliphatic rings. The lowest BCUT2D eigenvalue weighted by atomic mass is 9.99. The Morgan fingerprint density at radius 3 is 2.68 bits per heavy atom. The summed E-state index contributed by atoms with van der Waals surface area (Å²) in [7, 11) is 0. The molecule has 1 aromatic carbocycles. The molecule has 2 fully saturated rings. The Bertz CT molecular complexity index is 562. The van der Waals surface area contributed by atoms with Crippen LogP contribution in [0.25, 0.3) is 0 Å². The van der Waals surface area contributed by atoms with E-state index in [1.165, 1.54) is 0 Å². The Morgan fingerprint density at radius 1 is 1.18 bits per heavy atom. The van der Waals surface area contributed by atoms with Crippen LogP contribution in [0.4, 0.5) is 0 Å². The maximum Gasteiger partial charge on any atom is 0.228 e. The van der Waals surface area contributed by atoms with Gasteiger partial charge in [-0.05, 0) is 30.5 Å². The molecule has 1 atom stereocenters. The lowest BCUT2D eigenvalue weighted by Gasteiger charge is -2.34. The average Bonchev–Trinajstić information content (AvgIpc) is 2.94. The van der Waals surface area contributed by atoms with Crippen LogP contribution in [0.3, 0.4) is 0 Å². The Balaban J connectivity index is 0.00000144. The third-order valence-corrected chi connectivity index (χ3v) is 4.62. The summed E-state index contributed by atoms with van der Waals surface area (Å²) < 4.78 is 11.2. The summed E-state index contributed by atoms with van der Waals surface area (Å²) in [5.41, 5.74) is 1.16. The number of hydrogen-bond acceptors (Lipinski definition) is 4. The Hall–Kier alpha value is -1.46. The molecular weight excluding hydrogens is 304 g/mol. The highest BCUT2D eigenvalue weighted by molar-refractivity contribution is 5.85. The molecule has 0 radical (unpaired) electrons. The van der Waals surface area contributed by atoms with E-state index >= 15 is 0 Å². The fourth-order valence-corrected chi connectivity index (χ4v) is 3.34. The average molecular weight is 325 g/mol. The van der Waals surface area contributed by atoms with E-state index in [0.717, 1.165) is 49.5 Å². The van der Waals surface area contributed by atoms with Crippen molar-refractivity contribution in [3.63, 3.8) is 0 Å². The van der Waals surface area contributed by atoms with Crippen LogP contribution >= 0.6 is 12.4 Å².